The molecule has 2 aromatic carbocycles. The fourth-order valence-electron chi connectivity index (χ4n) is 4.04. The highest BCUT2D eigenvalue weighted by molar-refractivity contribution is 7.89. The second-order valence-electron chi connectivity index (χ2n) is 9.30. The highest BCUT2D eigenvalue weighted by Gasteiger charge is 2.37. The Kier molecular flexibility index (Phi) is 6.08. The quantitative estimate of drug-likeness (QED) is 0.509. The summed E-state index contributed by atoms with van der Waals surface area (Å²) in [5.41, 5.74) is 4.23. The van der Waals surface area contributed by atoms with Gasteiger partial charge in [0.15, 0.2) is 5.78 Å². The number of hydrogen-bond donors (Lipinski definition) is 1. The van der Waals surface area contributed by atoms with Crippen molar-refractivity contribution in [3.05, 3.63) is 70.8 Å². The maximum absolute atomic E-state index is 12.8. The molecule has 5 heteroatoms. The van der Waals surface area contributed by atoms with Crippen molar-refractivity contribution < 1.29 is 13.2 Å². The Morgan fingerprint density at radius 3 is 2.17 bits per heavy atom. The van der Waals surface area contributed by atoms with E-state index in [1.165, 1.54) is 11.1 Å². The number of nitrogens with one attached hydrogen (secondary N) is 1. The first kappa shape index (κ1) is 22.4. The zero-order valence-corrected chi connectivity index (χ0v) is 19.3. The minimum atomic E-state index is -3.47. The van der Waals surface area contributed by atoms with Crippen LogP contribution in [-0.4, -0.2) is 20.7 Å². The predicted molar refractivity (Wildman–Crippen MR) is 122 cm³/mol. The van der Waals surface area contributed by atoms with Gasteiger partial charge in [0.25, 0.3) is 0 Å². The summed E-state index contributed by atoms with van der Waals surface area (Å²) in [7, 11) is -3.47. The highest BCUT2D eigenvalue weighted by atomic mass is 32.2. The molecule has 0 spiro atoms. The van der Waals surface area contributed by atoms with E-state index in [0.717, 1.165) is 18.4 Å². The molecule has 0 unspecified atom stereocenters. The van der Waals surface area contributed by atoms with Crippen molar-refractivity contribution in [2.24, 2.45) is 0 Å². The summed E-state index contributed by atoms with van der Waals surface area (Å²) in [5, 5.41) is 0. The summed E-state index contributed by atoms with van der Waals surface area (Å²) >= 11 is 0. The lowest BCUT2D eigenvalue weighted by atomic mass is 9.63. The summed E-state index contributed by atoms with van der Waals surface area (Å²) < 4.78 is 26.5. The van der Waals surface area contributed by atoms with Crippen molar-refractivity contribution in [2.75, 3.05) is 6.54 Å². The Morgan fingerprint density at radius 2 is 1.57 bits per heavy atom. The molecule has 0 saturated carbocycles. The van der Waals surface area contributed by atoms with Crippen molar-refractivity contribution in [2.45, 2.75) is 63.2 Å². The van der Waals surface area contributed by atoms with Crippen LogP contribution in [-0.2, 0) is 20.9 Å². The second-order valence-corrected chi connectivity index (χ2v) is 11.1. The fourth-order valence-corrected chi connectivity index (χ4v) is 5.08. The first-order valence-electron chi connectivity index (χ1n) is 10.4. The fraction of sp³-hybridized carbons (Fsp3) is 0.400. The largest absolute Gasteiger partial charge is 0.289 e. The topological polar surface area (TPSA) is 63.2 Å². The third-order valence-corrected chi connectivity index (χ3v) is 7.65. The van der Waals surface area contributed by atoms with Crippen molar-refractivity contribution in [1.82, 2.24) is 4.72 Å². The van der Waals surface area contributed by atoms with Crippen LogP contribution in [0.2, 0.25) is 0 Å². The molecule has 2 aromatic rings. The summed E-state index contributed by atoms with van der Waals surface area (Å²) in [6.07, 6.45) is 5.51. The zero-order chi connectivity index (χ0) is 22.2. The Morgan fingerprint density at radius 1 is 0.967 bits per heavy atom. The number of sulfonamides is 1. The average Bonchev–Trinajstić information content (AvgIpc) is 2.70. The van der Waals surface area contributed by atoms with Gasteiger partial charge in [-0.15, -0.1) is 0 Å². The average molecular weight is 426 g/mol. The van der Waals surface area contributed by atoms with Gasteiger partial charge in [-0.3, -0.25) is 4.79 Å². The van der Waals surface area contributed by atoms with E-state index in [-0.39, 0.29) is 21.5 Å². The van der Waals surface area contributed by atoms with Gasteiger partial charge in [-0.05, 0) is 64.6 Å². The number of rotatable bonds is 6. The number of carbonyl (C=O) groups excluding carboxylic acids is 1. The van der Waals surface area contributed by atoms with Crippen LogP contribution in [0.1, 0.15) is 74.5 Å². The molecule has 1 N–H and O–H groups in total. The molecule has 0 heterocycles. The van der Waals surface area contributed by atoms with Crippen LogP contribution in [0.15, 0.2) is 53.4 Å². The minimum absolute atomic E-state index is 0.0543. The maximum atomic E-state index is 12.8. The van der Waals surface area contributed by atoms with Crippen LogP contribution in [0.25, 0.3) is 6.08 Å². The van der Waals surface area contributed by atoms with Crippen LogP contribution >= 0.6 is 0 Å². The van der Waals surface area contributed by atoms with Crippen LogP contribution < -0.4 is 4.72 Å². The number of ketones is 1. The molecule has 0 amide bonds. The smallest absolute Gasteiger partial charge is 0.240 e. The van der Waals surface area contributed by atoms with Gasteiger partial charge >= 0.3 is 0 Å². The Labute approximate surface area is 180 Å². The number of hydrogen-bond acceptors (Lipinski definition) is 3. The SMILES string of the molecule is CCNS(=O)(=O)c1ccc(C=CC(=O)c2ccc3c(c2)C(C)(C)CCC3(C)C)cc1. The van der Waals surface area contributed by atoms with Gasteiger partial charge in [-0.1, -0.05) is 65.0 Å². The molecule has 160 valence electrons. The third-order valence-electron chi connectivity index (χ3n) is 6.09. The molecular formula is C25H31NO3S. The summed E-state index contributed by atoms with van der Waals surface area (Å²) in [4.78, 5) is 13.0. The Hall–Kier alpha value is -2.24. The standard InChI is InChI=1S/C25H31NO3S/c1-6-26-30(28,29)20-11-7-18(8-12-20)9-14-23(27)19-10-13-21-22(17-19)25(4,5)16-15-24(21,2)3/h7-14,17,26H,6,15-16H2,1-5H3. The van der Waals surface area contributed by atoms with E-state index in [1.807, 2.05) is 6.07 Å². The molecule has 1 aliphatic carbocycles. The molecule has 0 saturated heterocycles. The van der Waals surface area contributed by atoms with Gasteiger partial charge in [0, 0.05) is 12.1 Å². The van der Waals surface area contributed by atoms with Crippen LogP contribution in [0.3, 0.4) is 0 Å². The molecule has 0 atom stereocenters. The lowest BCUT2D eigenvalue weighted by molar-refractivity contribution is 0.104. The van der Waals surface area contributed by atoms with E-state index in [2.05, 4.69) is 44.5 Å². The summed E-state index contributed by atoms with van der Waals surface area (Å²) in [6, 6.07) is 12.6. The lowest BCUT2D eigenvalue weighted by Gasteiger charge is -2.42. The molecular weight excluding hydrogens is 394 g/mol. The minimum Gasteiger partial charge on any atom is -0.289 e. The van der Waals surface area contributed by atoms with Gasteiger partial charge in [0.2, 0.25) is 10.0 Å². The third kappa shape index (κ3) is 4.57. The first-order valence-corrected chi connectivity index (χ1v) is 11.9. The molecule has 30 heavy (non-hydrogen) atoms. The second kappa shape index (κ2) is 8.12. The molecule has 0 bridgehead atoms. The van der Waals surface area contributed by atoms with E-state index in [9.17, 15) is 13.2 Å². The van der Waals surface area contributed by atoms with Gasteiger partial charge < -0.3 is 0 Å². The number of benzene rings is 2. The molecule has 4 nitrogen and oxygen atoms in total. The Balaban J connectivity index is 1.82. The summed E-state index contributed by atoms with van der Waals surface area (Å²) in [5.74, 6) is -0.0543. The Bertz CT molecular complexity index is 1080. The highest BCUT2D eigenvalue weighted by Crippen LogP contribution is 2.45. The normalized spacial score (nSPS) is 17.6. The van der Waals surface area contributed by atoms with E-state index in [1.54, 1.807) is 43.3 Å². The van der Waals surface area contributed by atoms with E-state index < -0.39 is 10.0 Å². The van der Waals surface area contributed by atoms with Gasteiger partial charge in [-0.25, -0.2) is 13.1 Å². The van der Waals surface area contributed by atoms with Crippen LogP contribution in [0, 0.1) is 0 Å². The van der Waals surface area contributed by atoms with Gasteiger partial charge in [0.1, 0.15) is 0 Å². The van der Waals surface area contributed by atoms with E-state index in [4.69, 9.17) is 0 Å². The molecule has 1 aliphatic rings. The molecule has 0 radical (unpaired) electrons. The molecule has 0 aromatic heterocycles. The van der Waals surface area contributed by atoms with Crippen LogP contribution in [0.4, 0.5) is 0 Å². The van der Waals surface area contributed by atoms with Crippen molar-refractivity contribution in [3.63, 3.8) is 0 Å². The van der Waals surface area contributed by atoms with Gasteiger partial charge in [0.05, 0.1) is 4.90 Å². The van der Waals surface area contributed by atoms with Crippen molar-refractivity contribution in [1.29, 1.82) is 0 Å². The van der Waals surface area contributed by atoms with Gasteiger partial charge in [-0.2, -0.15) is 0 Å². The van der Waals surface area contributed by atoms with Crippen molar-refractivity contribution in [3.8, 4) is 0 Å². The monoisotopic (exact) mass is 425 g/mol. The number of fused-ring (bicyclic) bond motifs is 1. The zero-order valence-electron chi connectivity index (χ0n) is 18.5. The summed E-state index contributed by atoms with van der Waals surface area (Å²) in [6.45, 7) is 11.1. The van der Waals surface area contributed by atoms with Crippen LogP contribution in [0.5, 0.6) is 0 Å². The predicted octanol–water partition coefficient (Wildman–Crippen LogP) is 5.23. The van der Waals surface area contributed by atoms with E-state index in [0.29, 0.717) is 12.1 Å². The number of allylic oxidation sites excluding steroid dienone is 1. The van der Waals surface area contributed by atoms with E-state index >= 15 is 0 Å². The molecule has 0 fully saturated rings. The first-order chi connectivity index (χ1) is 14.0. The lowest BCUT2D eigenvalue weighted by Crippen LogP contribution is -2.34. The van der Waals surface area contributed by atoms with Crippen molar-refractivity contribution >= 4 is 21.9 Å². The maximum Gasteiger partial charge on any atom is 0.240 e. The molecule has 3 rings (SSSR count). The number of carbonyl (C=O) groups is 1. The molecule has 0 aliphatic heterocycles.